The second-order valence-corrected chi connectivity index (χ2v) is 7.14. The second-order valence-electron chi connectivity index (χ2n) is 5.91. The van der Waals surface area contributed by atoms with Gasteiger partial charge in [0, 0.05) is 5.69 Å². The van der Waals surface area contributed by atoms with Crippen LogP contribution in [0.1, 0.15) is 24.8 Å². The topological polar surface area (TPSA) is 77.8 Å². The zero-order valence-corrected chi connectivity index (χ0v) is 13.5. The largest absolute Gasteiger partial charge is 0.376 e. The third-order valence-electron chi connectivity index (χ3n) is 3.97. The Bertz CT molecular complexity index is 759. The van der Waals surface area contributed by atoms with Crippen molar-refractivity contribution in [3.63, 3.8) is 0 Å². The van der Waals surface area contributed by atoms with Gasteiger partial charge in [-0.3, -0.25) is 4.79 Å². The molecule has 1 aliphatic carbocycles. The average molecular weight is 314 g/mol. The van der Waals surface area contributed by atoms with Gasteiger partial charge in [-0.1, -0.05) is 0 Å². The lowest BCUT2D eigenvalue weighted by Gasteiger charge is -2.23. The van der Waals surface area contributed by atoms with Crippen LogP contribution in [0.4, 0.5) is 5.69 Å². The molecule has 0 radical (unpaired) electrons. The van der Waals surface area contributed by atoms with E-state index in [1.807, 2.05) is 25.1 Å². The normalized spacial score (nSPS) is 16.8. The van der Waals surface area contributed by atoms with E-state index in [4.69, 9.17) is 0 Å². The fourth-order valence-electron chi connectivity index (χ4n) is 2.55. The lowest BCUT2D eigenvalue weighted by Crippen LogP contribution is -2.48. The quantitative estimate of drug-likeness (QED) is 0.889. The number of carbonyl (C=O) groups excluding carboxylic acids is 1. The summed E-state index contributed by atoms with van der Waals surface area (Å²) in [7, 11) is 0. The summed E-state index contributed by atoms with van der Waals surface area (Å²) < 4.78 is 1.10. The molecule has 5 nitrogen and oxygen atoms in total. The number of amides is 1. The standard InChI is InChI=1S/C16H18N4OS/c1-10-19-13-6-5-12(7-14(13)22-10)18-8-15(21)20-16(2,9-17)11-3-4-11/h5-7,11,18H,3-4,8H2,1-2H3,(H,20,21). The Morgan fingerprint density at radius 2 is 2.32 bits per heavy atom. The van der Waals surface area contributed by atoms with E-state index < -0.39 is 5.54 Å². The summed E-state index contributed by atoms with van der Waals surface area (Å²) in [4.78, 5) is 16.5. The molecule has 6 heteroatoms. The van der Waals surface area contributed by atoms with Crippen LogP contribution in [0.5, 0.6) is 0 Å². The van der Waals surface area contributed by atoms with Gasteiger partial charge in [-0.15, -0.1) is 11.3 Å². The molecule has 1 atom stereocenters. The van der Waals surface area contributed by atoms with E-state index in [1.165, 1.54) is 0 Å². The van der Waals surface area contributed by atoms with E-state index in [-0.39, 0.29) is 18.4 Å². The van der Waals surface area contributed by atoms with Crippen LogP contribution in [0.25, 0.3) is 10.2 Å². The van der Waals surface area contributed by atoms with Crippen LogP contribution >= 0.6 is 11.3 Å². The minimum atomic E-state index is -0.739. The lowest BCUT2D eigenvalue weighted by molar-refractivity contribution is -0.120. The minimum absolute atomic E-state index is 0.156. The summed E-state index contributed by atoms with van der Waals surface area (Å²) in [6.07, 6.45) is 2.03. The molecule has 1 heterocycles. The van der Waals surface area contributed by atoms with Crippen molar-refractivity contribution in [3.05, 3.63) is 23.2 Å². The van der Waals surface area contributed by atoms with Gasteiger partial charge in [-0.05, 0) is 50.8 Å². The highest BCUT2D eigenvalue weighted by atomic mass is 32.1. The van der Waals surface area contributed by atoms with Gasteiger partial charge in [-0.25, -0.2) is 4.98 Å². The number of fused-ring (bicyclic) bond motifs is 1. The van der Waals surface area contributed by atoms with E-state index in [2.05, 4.69) is 21.7 Å². The molecule has 1 saturated carbocycles. The number of nitriles is 1. The molecule has 3 rings (SSSR count). The van der Waals surface area contributed by atoms with E-state index in [9.17, 15) is 10.1 Å². The number of hydrogen-bond donors (Lipinski definition) is 2. The summed E-state index contributed by atoms with van der Waals surface area (Å²) in [5.41, 5.74) is 1.12. The molecule has 1 amide bonds. The molecular formula is C16H18N4OS. The molecule has 0 saturated heterocycles. The van der Waals surface area contributed by atoms with Crippen molar-refractivity contribution in [1.29, 1.82) is 5.26 Å². The number of nitrogens with zero attached hydrogens (tertiary/aromatic N) is 2. The van der Waals surface area contributed by atoms with Crippen LogP contribution < -0.4 is 10.6 Å². The van der Waals surface area contributed by atoms with E-state index in [0.717, 1.165) is 33.8 Å². The molecule has 2 aromatic rings. The molecule has 1 aliphatic rings. The van der Waals surface area contributed by atoms with Crippen LogP contribution in [0, 0.1) is 24.2 Å². The van der Waals surface area contributed by atoms with Crippen LogP contribution in [0.3, 0.4) is 0 Å². The maximum absolute atomic E-state index is 12.1. The molecule has 1 fully saturated rings. The van der Waals surface area contributed by atoms with Gasteiger partial charge < -0.3 is 10.6 Å². The molecule has 1 aromatic carbocycles. The van der Waals surface area contributed by atoms with Crippen molar-refractivity contribution in [3.8, 4) is 6.07 Å². The van der Waals surface area contributed by atoms with Crippen LogP contribution in [0.15, 0.2) is 18.2 Å². The van der Waals surface area contributed by atoms with Gasteiger partial charge in [0.1, 0.15) is 5.54 Å². The highest BCUT2D eigenvalue weighted by molar-refractivity contribution is 7.18. The zero-order valence-electron chi connectivity index (χ0n) is 12.6. The first-order valence-electron chi connectivity index (χ1n) is 7.33. The first-order chi connectivity index (χ1) is 10.5. The molecule has 0 bridgehead atoms. The fourth-order valence-corrected chi connectivity index (χ4v) is 3.41. The molecule has 22 heavy (non-hydrogen) atoms. The van der Waals surface area contributed by atoms with E-state index in [1.54, 1.807) is 18.3 Å². The predicted octanol–water partition coefficient (Wildman–Crippen LogP) is 2.83. The number of thiazole rings is 1. The molecule has 0 spiro atoms. The van der Waals surface area contributed by atoms with Crippen molar-refractivity contribution in [2.24, 2.45) is 5.92 Å². The molecule has 1 aromatic heterocycles. The Labute approximate surface area is 133 Å². The van der Waals surface area contributed by atoms with Crippen molar-refractivity contribution in [2.75, 3.05) is 11.9 Å². The highest BCUT2D eigenvalue weighted by Crippen LogP contribution is 2.39. The summed E-state index contributed by atoms with van der Waals surface area (Å²) in [6.45, 7) is 3.94. The smallest absolute Gasteiger partial charge is 0.240 e. The molecule has 1 unspecified atom stereocenters. The molecule has 2 N–H and O–H groups in total. The fraction of sp³-hybridized carbons (Fsp3) is 0.438. The Morgan fingerprint density at radius 3 is 3.00 bits per heavy atom. The van der Waals surface area contributed by atoms with Gasteiger partial charge in [0.15, 0.2) is 0 Å². The first-order valence-corrected chi connectivity index (χ1v) is 8.15. The van der Waals surface area contributed by atoms with Gasteiger partial charge in [0.2, 0.25) is 5.91 Å². The molecular weight excluding hydrogens is 296 g/mol. The van der Waals surface area contributed by atoms with Crippen LogP contribution in [-0.2, 0) is 4.79 Å². The van der Waals surface area contributed by atoms with Crippen molar-refractivity contribution >= 4 is 33.1 Å². The van der Waals surface area contributed by atoms with Crippen molar-refractivity contribution in [2.45, 2.75) is 32.2 Å². The summed E-state index contributed by atoms with van der Waals surface area (Å²) in [5, 5.41) is 16.2. The Hall–Kier alpha value is -2.13. The summed E-state index contributed by atoms with van der Waals surface area (Å²) in [6, 6.07) is 8.09. The minimum Gasteiger partial charge on any atom is -0.376 e. The number of benzene rings is 1. The van der Waals surface area contributed by atoms with Gasteiger partial charge in [0.05, 0.1) is 27.8 Å². The Balaban J connectivity index is 1.61. The lowest BCUT2D eigenvalue weighted by atomic mass is 9.98. The third-order valence-corrected chi connectivity index (χ3v) is 4.91. The number of rotatable bonds is 5. The summed E-state index contributed by atoms with van der Waals surface area (Å²) >= 11 is 1.63. The number of aromatic nitrogens is 1. The predicted molar refractivity (Wildman–Crippen MR) is 87.7 cm³/mol. The Morgan fingerprint density at radius 1 is 1.55 bits per heavy atom. The van der Waals surface area contributed by atoms with E-state index >= 15 is 0 Å². The second kappa shape index (κ2) is 5.58. The number of carbonyl (C=O) groups is 1. The van der Waals surface area contributed by atoms with Gasteiger partial charge >= 0.3 is 0 Å². The van der Waals surface area contributed by atoms with E-state index in [0.29, 0.717) is 0 Å². The molecule has 114 valence electrons. The number of anilines is 1. The maximum Gasteiger partial charge on any atom is 0.240 e. The monoisotopic (exact) mass is 314 g/mol. The molecule has 0 aliphatic heterocycles. The number of aryl methyl sites for hydroxylation is 1. The number of nitrogens with one attached hydrogen (secondary N) is 2. The third kappa shape index (κ3) is 3.04. The van der Waals surface area contributed by atoms with Crippen LogP contribution in [0.2, 0.25) is 0 Å². The summed E-state index contributed by atoms with van der Waals surface area (Å²) in [5.74, 6) is 0.134. The van der Waals surface area contributed by atoms with Crippen molar-refractivity contribution in [1.82, 2.24) is 10.3 Å². The highest BCUT2D eigenvalue weighted by Gasteiger charge is 2.42. The first kappa shape index (κ1) is 14.8. The van der Waals surface area contributed by atoms with Gasteiger partial charge in [0.25, 0.3) is 0 Å². The average Bonchev–Trinajstić information content (AvgIpc) is 3.27. The maximum atomic E-state index is 12.1. The van der Waals surface area contributed by atoms with Crippen molar-refractivity contribution < 1.29 is 4.79 Å². The SMILES string of the molecule is Cc1nc2ccc(NCC(=O)NC(C)(C#N)C3CC3)cc2s1. The number of hydrogen-bond acceptors (Lipinski definition) is 5. The van der Waals surface area contributed by atoms with Crippen LogP contribution in [-0.4, -0.2) is 23.0 Å². The van der Waals surface area contributed by atoms with Gasteiger partial charge in [-0.2, -0.15) is 5.26 Å². The Kier molecular flexibility index (Phi) is 3.75. The zero-order chi connectivity index (χ0) is 15.7.